The number of hydrogen-bond acceptors (Lipinski definition) is 3. The van der Waals surface area contributed by atoms with Crippen LogP contribution in [-0.2, 0) is 6.42 Å². The van der Waals surface area contributed by atoms with Gasteiger partial charge in [0, 0.05) is 44.7 Å². The van der Waals surface area contributed by atoms with E-state index in [-0.39, 0.29) is 18.0 Å². The Balaban J connectivity index is 1.35. The molecule has 0 radical (unpaired) electrons. The number of amides is 2. The van der Waals surface area contributed by atoms with E-state index in [0.29, 0.717) is 13.1 Å². The predicted octanol–water partition coefficient (Wildman–Crippen LogP) is 2.64. The topological polar surface area (TPSA) is 59.4 Å². The molecule has 2 aliphatic heterocycles. The van der Waals surface area contributed by atoms with Crippen LogP contribution in [0.3, 0.4) is 0 Å². The summed E-state index contributed by atoms with van der Waals surface area (Å²) in [5.41, 5.74) is 1.39. The lowest BCUT2D eigenvalue weighted by atomic mass is 9.99. The van der Waals surface area contributed by atoms with Gasteiger partial charge < -0.3 is 15.1 Å². The number of carbonyl (C=O) groups is 1. The minimum atomic E-state index is 0.0547. The van der Waals surface area contributed by atoms with Gasteiger partial charge in [0.05, 0.1) is 6.07 Å². The summed E-state index contributed by atoms with van der Waals surface area (Å²) in [6.07, 6.45) is 4.75. The van der Waals surface area contributed by atoms with Gasteiger partial charge >= 0.3 is 6.03 Å². The number of piperidine rings is 2. The third-order valence-corrected chi connectivity index (χ3v) is 5.44. The standard InChI is InChI=1S/C20H28N4O/c21-16-18-7-14-24(15-8-18)20(25)22-19-9-12-23(13-10-19)11-6-17-4-2-1-3-5-17/h1-5,18-19H,6-15H2,(H,22,25). The molecule has 5 nitrogen and oxygen atoms in total. The highest BCUT2D eigenvalue weighted by atomic mass is 16.2. The van der Waals surface area contributed by atoms with Crippen LogP contribution >= 0.6 is 0 Å². The van der Waals surface area contributed by atoms with Crippen LogP contribution in [0.15, 0.2) is 30.3 Å². The number of likely N-dealkylation sites (tertiary alicyclic amines) is 2. The molecular weight excluding hydrogens is 312 g/mol. The largest absolute Gasteiger partial charge is 0.335 e. The highest BCUT2D eigenvalue weighted by Crippen LogP contribution is 2.17. The van der Waals surface area contributed by atoms with Crippen molar-refractivity contribution >= 4 is 6.03 Å². The van der Waals surface area contributed by atoms with Crippen molar-refractivity contribution in [3.05, 3.63) is 35.9 Å². The predicted molar refractivity (Wildman–Crippen MR) is 98.0 cm³/mol. The number of carbonyl (C=O) groups excluding carboxylic acids is 1. The number of hydrogen-bond donors (Lipinski definition) is 1. The van der Waals surface area contributed by atoms with E-state index in [4.69, 9.17) is 5.26 Å². The average Bonchev–Trinajstić information content (AvgIpc) is 2.68. The molecule has 2 heterocycles. The highest BCUT2D eigenvalue weighted by Gasteiger charge is 2.26. The molecule has 0 bridgehead atoms. The Labute approximate surface area is 150 Å². The van der Waals surface area contributed by atoms with Crippen LogP contribution in [0, 0.1) is 17.2 Å². The van der Waals surface area contributed by atoms with E-state index in [1.165, 1.54) is 5.56 Å². The average molecular weight is 340 g/mol. The fraction of sp³-hybridized carbons (Fsp3) is 0.600. The van der Waals surface area contributed by atoms with Crippen LogP contribution in [0.1, 0.15) is 31.2 Å². The summed E-state index contributed by atoms with van der Waals surface area (Å²) in [6, 6.07) is 13.3. The van der Waals surface area contributed by atoms with Gasteiger partial charge in [-0.05, 0) is 37.7 Å². The number of urea groups is 1. The number of rotatable bonds is 4. The molecule has 5 heteroatoms. The molecule has 0 aliphatic carbocycles. The Morgan fingerprint density at radius 2 is 1.76 bits per heavy atom. The second-order valence-corrected chi connectivity index (χ2v) is 7.19. The van der Waals surface area contributed by atoms with Crippen LogP contribution in [0.4, 0.5) is 4.79 Å². The quantitative estimate of drug-likeness (QED) is 0.917. The van der Waals surface area contributed by atoms with Crippen LogP contribution in [0.2, 0.25) is 0 Å². The molecule has 0 atom stereocenters. The molecular formula is C20H28N4O. The summed E-state index contributed by atoms with van der Waals surface area (Å²) >= 11 is 0. The first-order valence-corrected chi connectivity index (χ1v) is 9.46. The van der Waals surface area contributed by atoms with E-state index >= 15 is 0 Å². The van der Waals surface area contributed by atoms with Gasteiger partial charge in [-0.2, -0.15) is 5.26 Å². The Bertz CT molecular complexity index is 581. The molecule has 0 spiro atoms. The minimum absolute atomic E-state index is 0.0547. The summed E-state index contributed by atoms with van der Waals surface area (Å²) in [4.78, 5) is 16.7. The first-order valence-electron chi connectivity index (χ1n) is 9.46. The van der Waals surface area contributed by atoms with E-state index in [2.05, 4.69) is 46.6 Å². The number of nitrogens with zero attached hydrogens (tertiary/aromatic N) is 3. The van der Waals surface area contributed by atoms with Crippen molar-refractivity contribution in [3.63, 3.8) is 0 Å². The molecule has 2 aliphatic rings. The van der Waals surface area contributed by atoms with Crippen molar-refractivity contribution in [2.75, 3.05) is 32.7 Å². The molecule has 1 aromatic rings. The summed E-state index contributed by atoms with van der Waals surface area (Å²) in [5, 5.41) is 12.1. The van der Waals surface area contributed by atoms with Gasteiger partial charge in [0.15, 0.2) is 0 Å². The van der Waals surface area contributed by atoms with Gasteiger partial charge in [0.2, 0.25) is 0 Å². The van der Waals surface area contributed by atoms with Crippen LogP contribution in [-0.4, -0.2) is 54.6 Å². The van der Waals surface area contributed by atoms with E-state index in [9.17, 15) is 4.79 Å². The molecule has 1 aromatic carbocycles. The Morgan fingerprint density at radius 1 is 1.08 bits per heavy atom. The van der Waals surface area contributed by atoms with Gasteiger partial charge in [-0.25, -0.2) is 4.79 Å². The van der Waals surface area contributed by atoms with Gasteiger partial charge in [0.1, 0.15) is 0 Å². The second kappa shape index (κ2) is 8.87. The monoisotopic (exact) mass is 340 g/mol. The number of nitrogens with one attached hydrogen (secondary N) is 1. The fourth-order valence-corrected chi connectivity index (χ4v) is 3.71. The van der Waals surface area contributed by atoms with Crippen molar-refractivity contribution in [1.29, 1.82) is 5.26 Å². The lowest BCUT2D eigenvalue weighted by Gasteiger charge is -2.35. The van der Waals surface area contributed by atoms with Crippen LogP contribution in [0.5, 0.6) is 0 Å². The molecule has 1 N–H and O–H groups in total. The van der Waals surface area contributed by atoms with Crippen molar-refractivity contribution < 1.29 is 4.79 Å². The number of nitriles is 1. The SMILES string of the molecule is N#CC1CCN(C(=O)NC2CCN(CCc3ccccc3)CC2)CC1. The lowest BCUT2D eigenvalue weighted by molar-refractivity contribution is 0.160. The normalized spacial score (nSPS) is 20.2. The molecule has 2 fully saturated rings. The van der Waals surface area contributed by atoms with E-state index in [1.54, 1.807) is 0 Å². The van der Waals surface area contributed by atoms with Crippen molar-refractivity contribution in [1.82, 2.24) is 15.1 Å². The zero-order valence-electron chi connectivity index (χ0n) is 14.9. The zero-order valence-corrected chi connectivity index (χ0v) is 14.9. The summed E-state index contributed by atoms with van der Waals surface area (Å²) in [7, 11) is 0. The van der Waals surface area contributed by atoms with Crippen molar-refractivity contribution in [3.8, 4) is 6.07 Å². The molecule has 3 rings (SSSR count). The molecule has 25 heavy (non-hydrogen) atoms. The number of benzene rings is 1. The van der Waals surface area contributed by atoms with Gasteiger partial charge in [-0.15, -0.1) is 0 Å². The van der Waals surface area contributed by atoms with E-state index < -0.39 is 0 Å². The van der Waals surface area contributed by atoms with Crippen LogP contribution < -0.4 is 5.32 Å². The molecule has 2 saturated heterocycles. The Hall–Kier alpha value is -2.06. The maximum absolute atomic E-state index is 12.4. The highest BCUT2D eigenvalue weighted by molar-refractivity contribution is 5.74. The lowest BCUT2D eigenvalue weighted by Crippen LogP contribution is -2.51. The van der Waals surface area contributed by atoms with Crippen molar-refractivity contribution in [2.45, 2.75) is 38.1 Å². The maximum Gasteiger partial charge on any atom is 0.317 e. The van der Waals surface area contributed by atoms with E-state index in [0.717, 1.165) is 51.7 Å². The molecule has 0 unspecified atom stereocenters. The maximum atomic E-state index is 12.4. The van der Waals surface area contributed by atoms with Gasteiger partial charge in [-0.1, -0.05) is 30.3 Å². The van der Waals surface area contributed by atoms with Crippen LogP contribution in [0.25, 0.3) is 0 Å². The zero-order chi connectivity index (χ0) is 17.5. The summed E-state index contributed by atoms with van der Waals surface area (Å²) in [5.74, 6) is 0.122. The Kier molecular flexibility index (Phi) is 6.30. The second-order valence-electron chi connectivity index (χ2n) is 7.19. The van der Waals surface area contributed by atoms with Gasteiger partial charge in [0.25, 0.3) is 0 Å². The summed E-state index contributed by atoms with van der Waals surface area (Å²) < 4.78 is 0. The summed E-state index contributed by atoms with van der Waals surface area (Å²) in [6.45, 7) is 4.61. The molecule has 134 valence electrons. The molecule has 0 aromatic heterocycles. The third-order valence-electron chi connectivity index (χ3n) is 5.44. The fourth-order valence-electron chi connectivity index (χ4n) is 3.71. The van der Waals surface area contributed by atoms with E-state index in [1.807, 2.05) is 4.90 Å². The smallest absolute Gasteiger partial charge is 0.317 e. The van der Waals surface area contributed by atoms with Crippen molar-refractivity contribution in [2.24, 2.45) is 5.92 Å². The minimum Gasteiger partial charge on any atom is -0.335 e. The first-order chi connectivity index (χ1) is 12.2. The third kappa shape index (κ3) is 5.20. The molecule has 2 amide bonds. The first kappa shape index (κ1) is 17.8. The van der Waals surface area contributed by atoms with Gasteiger partial charge in [-0.3, -0.25) is 0 Å². The molecule has 0 saturated carbocycles. The Morgan fingerprint density at radius 3 is 2.40 bits per heavy atom.